The van der Waals surface area contributed by atoms with E-state index in [0.29, 0.717) is 11.5 Å². The average Bonchev–Trinajstić information content (AvgIpc) is 3.27. The highest BCUT2D eigenvalue weighted by atomic mass is 16.5. The van der Waals surface area contributed by atoms with Crippen LogP contribution < -0.4 is 10.1 Å². The van der Waals surface area contributed by atoms with Gasteiger partial charge in [-0.2, -0.15) is 0 Å². The number of rotatable bonds is 7. The van der Waals surface area contributed by atoms with Gasteiger partial charge in [0.05, 0.1) is 25.3 Å². The van der Waals surface area contributed by atoms with Gasteiger partial charge in [-0.25, -0.2) is 0 Å². The van der Waals surface area contributed by atoms with Gasteiger partial charge in [-0.05, 0) is 35.4 Å². The van der Waals surface area contributed by atoms with Gasteiger partial charge < -0.3 is 14.6 Å². The van der Waals surface area contributed by atoms with E-state index in [1.807, 2.05) is 84.9 Å². The molecule has 5 heteroatoms. The normalized spacial score (nSPS) is 10.7. The van der Waals surface area contributed by atoms with E-state index in [1.165, 1.54) is 0 Å². The predicted molar refractivity (Wildman–Crippen MR) is 115 cm³/mol. The quantitative estimate of drug-likeness (QED) is 0.486. The van der Waals surface area contributed by atoms with Crippen LogP contribution in [0.1, 0.15) is 22.9 Å². The summed E-state index contributed by atoms with van der Waals surface area (Å²) in [7, 11) is 1.62. The van der Waals surface area contributed by atoms with Gasteiger partial charge in [0.15, 0.2) is 5.76 Å². The van der Waals surface area contributed by atoms with Crippen molar-refractivity contribution in [2.45, 2.75) is 12.5 Å². The molecule has 0 bridgehead atoms. The van der Waals surface area contributed by atoms with Crippen LogP contribution in [0.3, 0.4) is 0 Å². The van der Waals surface area contributed by atoms with Crippen molar-refractivity contribution in [3.63, 3.8) is 0 Å². The van der Waals surface area contributed by atoms with Crippen LogP contribution in [-0.2, 0) is 11.2 Å². The van der Waals surface area contributed by atoms with E-state index in [9.17, 15) is 4.79 Å². The minimum absolute atomic E-state index is 0.123. The average molecular weight is 398 g/mol. The van der Waals surface area contributed by atoms with Crippen LogP contribution in [0.25, 0.3) is 11.3 Å². The Kier molecular flexibility index (Phi) is 5.90. The standard InChI is InChI=1S/C25H22N2O3/c1-29-22-14-12-18(13-15-22)23-16-21(27-30-23)17-24(28)26-25(19-8-4-2-5-9-19)20-10-6-3-7-11-20/h2-16,25H,17H2,1H3,(H,26,28). The molecule has 0 aliphatic heterocycles. The number of methoxy groups -OCH3 is 1. The molecule has 0 spiro atoms. The Hall–Kier alpha value is -3.86. The molecule has 0 radical (unpaired) electrons. The van der Waals surface area contributed by atoms with Crippen LogP contribution in [0.5, 0.6) is 5.75 Å². The topological polar surface area (TPSA) is 64.4 Å². The Labute approximate surface area is 175 Å². The van der Waals surface area contributed by atoms with Gasteiger partial charge in [0.25, 0.3) is 0 Å². The molecule has 4 rings (SSSR count). The maximum atomic E-state index is 12.8. The molecule has 3 aromatic carbocycles. The van der Waals surface area contributed by atoms with Crippen molar-refractivity contribution in [1.29, 1.82) is 0 Å². The number of carbonyl (C=O) groups is 1. The molecule has 0 fully saturated rings. The van der Waals surface area contributed by atoms with Crippen LogP contribution in [-0.4, -0.2) is 18.2 Å². The zero-order valence-corrected chi connectivity index (χ0v) is 16.6. The van der Waals surface area contributed by atoms with Gasteiger partial charge in [-0.15, -0.1) is 0 Å². The van der Waals surface area contributed by atoms with Crippen molar-refractivity contribution in [2.75, 3.05) is 7.11 Å². The van der Waals surface area contributed by atoms with Crippen molar-refractivity contribution in [3.8, 4) is 17.1 Å². The number of hydrogen-bond donors (Lipinski definition) is 1. The Bertz CT molecular complexity index is 1050. The smallest absolute Gasteiger partial charge is 0.226 e. The molecule has 1 aromatic heterocycles. The molecule has 1 heterocycles. The van der Waals surface area contributed by atoms with Crippen LogP contribution in [0.4, 0.5) is 0 Å². The van der Waals surface area contributed by atoms with E-state index in [0.717, 1.165) is 22.4 Å². The highest BCUT2D eigenvalue weighted by molar-refractivity contribution is 5.79. The second-order valence-corrected chi connectivity index (χ2v) is 6.91. The monoisotopic (exact) mass is 398 g/mol. The summed E-state index contributed by atoms with van der Waals surface area (Å²) >= 11 is 0. The van der Waals surface area contributed by atoms with Gasteiger partial charge in [-0.3, -0.25) is 4.79 Å². The third-order valence-electron chi connectivity index (χ3n) is 4.85. The molecule has 0 saturated carbocycles. The fourth-order valence-electron chi connectivity index (χ4n) is 3.31. The number of ether oxygens (including phenoxy) is 1. The molecule has 0 unspecified atom stereocenters. The molecule has 4 aromatic rings. The molecule has 1 N–H and O–H groups in total. The minimum atomic E-state index is -0.229. The largest absolute Gasteiger partial charge is 0.497 e. The van der Waals surface area contributed by atoms with Crippen molar-refractivity contribution in [1.82, 2.24) is 10.5 Å². The summed E-state index contributed by atoms with van der Waals surface area (Å²) in [6, 6.07) is 28.9. The van der Waals surface area contributed by atoms with Gasteiger partial charge in [-0.1, -0.05) is 65.8 Å². The Balaban J connectivity index is 1.48. The first-order valence-electron chi connectivity index (χ1n) is 9.72. The van der Waals surface area contributed by atoms with E-state index >= 15 is 0 Å². The first kappa shape index (κ1) is 19.5. The molecule has 0 saturated heterocycles. The predicted octanol–water partition coefficient (Wildman–Crippen LogP) is 4.80. The third-order valence-corrected chi connectivity index (χ3v) is 4.85. The number of nitrogens with one attached hydrogen (secondary N) is 1. The number of aromatic nitrogens is 1. The van der Waals surface area contributed by atoms with Crippen LogP contribution in [0.15, 0.2) is 95.5 Å². The summed E-state index contributed by atoms with van der Waals surface area (Å²) < 4.78 is 10.6. The summed E-state index contributed by atoms with van der Waals surface area (Å²) in [5.41, 5.74) is 3.51. The fraction of sp³-hybridized carbons (Fsp3) is 0.120. The summed E-state index contributed by atoms with van der Waals surface area (Å²) in [5.74, 6) is 1.26. The fourth-order valence-corrected chi connectivity index (χ4v) is 3.31. The third kappa shape index (κ3) is 4.58. The zero-order valence-electron chi connectivity index (χ0n) is 16.6. The lowest BCUT2D eigenvalue weighted by Crippen LogP contribution is -2.30. The van der Waals surface area contributed by atoms with E-state index < -0.39 is 0 Å². The summed E-state index contributed by atoms with van der Waals surface area (Å²) in [6.07, 6.45) is 0.135. The second-order valence-electron chi connectivity index (χ2n) is 6.91. The lowest BCUT2D eigenvalue weighted by Gasteiger charge is -2.19. The maximum Gasteiger partial charge on any atom is 0.226 e. The van der Waals surface area contributed by atoms with Crippen molar-refractivity contribution < 1.29 is 14.1 Å². The molecule has 5 nitrogen and oxygen atoms in total. The Morgan fingerprint density at radius 2 is 1.53 bits per heavy atom. The number of hydrogen-bond acceptors (Lipinski definition) is 4. The van der Waals surface area contributed by atoms with Crippen molar-refractivity contribution in [3.05, 3.63) is 108 Å². The minimum Gasteiger partial charge on any atom is -0.497 e. The Morgan fingerprint density at radius 1 is 0.933 bits per heavy atom. The molecule has 0 atom stereocenters. The molecular formula is C25H22N2O3. The first-order valence-corrected chi connectivity index (χ1v) is 9.72. The second kappa shape index (κ2) is 9.09. The summed E-state index contributed by atoms with van der Waals surface area (Å²) in [5, 5.41) is 7.19. The van der Waals surface area contributed by atoms with Crippen molar-refractivity contribution >= 4 is 5.91 Å². The molecule has 0 aliphatic carbocycles. The van der Waals surface area contributed by atoms with Gasteiger partial charge in [0, 0.05) is 11.6 Å². The highest BCUT2D eigenvalue weighted by Gasteiger charge is 2.18. The van der Waals surface area contributed by atoms with Crippen LogP contribution in [0, 0.1) is 0 Å². The molecule has 0 aliphatic rings. The lowest BCUT2D eigenvalue weighted by molar-refractivity contribution is -0.121. The number of carbonyl (C=O) groups excluding carboxylic acids is 1. The number of amides is 1. The van der Waals surface area contributed by atoms with Gasteiger partial charge in [0.1, 0.15) is 5.75 Å². The SMILES string of the molecule is COc1ccc(-c2cc(CC(=O)NC(c3ccccc3)c3ccccc3)no2)cc1. The summed E-state index contributed by atoms with van der Waals surface area (Å²) in [6.45, 7) is 0. The molecular weight excluding hydrogens is 376 g/mol. The lowest BCUT2D eigenvalue weighted by atomic mass is 9.98. The number of benzene rings is 3. The first-order chi connectivity index (χ1) is 14.7. The highest BCUT2D eigenvalue weighted by Crippen LogP contribution is 2.24. The van der Waals surface area contributed by atoms with E-state index in [2.05, 4.69) is 10.5 Å². The molecule has 30 heavy (non-hydrogen) atoms. The van der Waals surface area contributed by atoms with E-state index in [1.54, 1.807) is 13.2 Å². The van der Waals surface area contributed by atoms with E-state index in [-0.39, 0.29) is 18.4 Å². The molecule has 150 valence electrons. The zero-order chi connectivity index (χ0) is 20.8. The maximum absolute atomic E-state index is 12.8. The van der Waals surface area contributed by atoms with Crippen LogP contribution in [0.2, 0.25) is 0 Å². The van der Waals surface area contributed by atoms with Crippen molar-refractivity contribution in [2.24, 2.45) is 0 Å². The molecule has 1 amide bonds. The number of nitrogens with zero attached hydrogens (tertiary/aromatic N) is 1. The van der Waals surface area contributed by atoms with E-state index in [4.69, 9.17) is 9.26 Å². The van der Waals surface area contributed by atoms with Crippen LogP contribution >= 0.6 is 0 Å². The Morgan fingerprint density at radius 3 is 2.10 bits per heavy atom. The van der Waals surface area contributed by atoms with Gasteiger partial charge >= 0.3 is 0 Å². The summed E-state index contributed by atoms with van der Waals surface area (Å²) in [4.78, 5) is 12.8. The van der Waals surface area contributed by atoms with Gasteiger partial charge in [0.2, 0.25) is 5.91 Å².